The maximum absolute atomic E-state index is 9.01. The van der Waals surface area contributed by atoms with Crippen LogP contribution in [0.5, 0.6) is 5.88 Å². The first-order valence-electron chi connectivity index (χ1n) is 6.28. The Balaban J connectivity index is 2.29. The van der Waals surface area contributed by atoms with Crippen molar-refractivity contribution in [3.8, 4) is 18.0 Å². The van der Waals surface area contributed by atoms with E-state index in [1.165, 1.54) is 0 Å². The number of nitrogens with zero attached hydrogens (tertiary/aromatic N) is 3. The largest absolute Gasteiger partial charge is 0.476 e. The molecule has 21 heavy (non-hydrogen) atoms. The van der Waals surface area contributed by atoms with E-state index in [9.17, 15) is 0 Å². The lowest BCUT2D eigenvalue weighted by atomic mass is 10.1. The van der Waals surface area contributed by atoms with Gasteiger partial charge in [-0.2, -0.15) is 15.5 Å². The Hall–Kier alpha value is -3.25. The van der Waals surface area contributed by atoms with E-state index in [4.69, 9.17) is 21.0 Å². The lowest BCUT2D eigenvalue weighted by molar-refractivity contribution is 0.329. The van der Waals surface area contributed by atoms with E-state index in [-0.39, 0.29) is 0 Å². The van der Waals surface area contributed by atoms with Crippen molar-refractivity contribution in [1.82, 2.24) is 4.98 Å². The molecule has 2 rings (SSSR count). The average molecular weight is 279 g/mol. The van der Waals surface area contributed by atoms with Crippen LogP contribution in [0.3, 0.4) is 0 Å². The van der Waals surface area contributed by atoms with Crippen LogP contribution in [0.4, 0.5) is 17.2 Å². The molecular weight excluding hydrogens is 266 g/mol. The third-order valence-electron chi connectivity index (χ3n) is 2.70. The fraction of sp³-hybridized carbons (Fsp3) is 0.133. The van der Waals surface area contributed by atoms with Crippen LogP contribution >= 0.6 is 0 Å². The van der Waals surface area contributed by atoms with E-state index in [2.05, 4.69) is 10.3 Å². The van der Waals surface area contributed by atoms with Gasteiger partial charge in [0.15, 0.2) is 0 Å². The van der Waals surface area contributed by atoms with Gasteiger partial charge in [0, 0.05) is 5.69 Å². The topological polar surface area (TPSA) is 108 Å². The number of rotatable bonds is 4. The molecule has 0 aliphatic rings. The number of nitriles is 2. The Kier molecular flexibility index (Phi) is 4.23. The van der Waals surface area contributed by atoms with Gasteiger partial charge in [0.2, 0.25) is 5.88 Å². The van der Waals surface area contributed by atoms with E-state index in [1.54, 1.807) is 30.3 Å². The Morgan fingerprint density at radius 1 is 1.19 bits per heavy atom. The summed E-state index contributed by atoms with van der Waals surface area (Å²) in [5, 5.41) is 21.0. The van der Waals surface area contributed by atoms with Gasteiger partial charge in [0.05, 0.1) is 23.4 Å². The summed E-state index contributed by atoms with van der Waals surface area (Å²) in [6.07, 6.45) is 0. The van der Waals surface area contributed by atoms with Crippen LogP contribution in [0.25, 0.3) is 0 Å². The number of hydrogen-bond acceptors (Lipinski definition) is 6. The van der Waals surface area contributed by atoms with Crippen molar-refractivity contribution >= 4 is 17.2 Å². The highest BCUT2D eigenvalue weighted by Gasteiger charge is 2.06. The number of hydrogen-bond donors (Lipinski definition) is 2. The lowest BCUT2D eigenvalue weighted by Gasteiger charge is -2.10. The van der Waals surface area contributed by atoms with Crippen molar-refractivity contribution in [3.05, 3.63) is 41.5 Å². The SMILES string of the molecule is CCOc1nc(Nc2ccc(C#N)c(C#N)c2)ccc1N. The van der Waals surface area contributed by atoms with Gasteiger partial charge < -0.3 is 15.8 Å². The number of benzene rings is 1. The van der Waals surface area contributed by atoms with Crippen LogP contribution in [0.1, 0.15) is 18.1 Å². The summed E-state index contributed by atoms with van der Waals surface area (Å²) in [5.41, 5.74) is 7.52. The molecule has 0 bridgehead atoms. The first-order chi connectivity index (χ1) is 10.2. The second-order valence-corrected chi connectivity index (χ2v) is 4.13. The Morgan fingerprint density at radius 3 is 2.62 bits per heavy atom. The van der Waals surface area contributed by atoms with Crippen LogP contribution < -0.4 is 15.8 Å². The molecule has 3 N–H and O–H groups in total. The van der Waals surface area contributed by atoms with Gasteiger partial charge in [-0.3, -0.25) is 0 Å². The van der Waals surface area contributed by atoms with Gasteiger partial charge in [-0.05, 0) is 37.3 Å². The molecule has 0 radical (unpaired) electrons. The number of anilines is 3. The molecular formula is C15H13N5O. The van der Waals surface area contributed by atoms with Crippen molar-refractivity contribution in [2.24, 2.45) is 0 Å². The van der Waals surface area contributed by atoms with Crippen LogP contribution in [0.15, 0.2) is 30.3 Å². The molecule has 0 amide bonds. The zero-order valence-electron chi connectivity index (χ0n) is 11.4. The molecule has 0 saturated heterocycles. The Morgan fingerprint density at radius 2 is 1.95 bits per heavy atom. The number of nitrogen functional groups attached to an aromatic ring is 1. The molecule has 0 fully saturated rings. The zero-order chi connectivity index (χ0) is 15.2. The quantitative estimate of drug-likeness (QED) is 0.890. The first kappa shape index (κ1) is 14.2. The van der Waals surface area contributed by atoms with Crippen molar-refractivity contribution in [2.75, 3.05) is 17.7 Å². The van der Waals surface area contributed by atoms with Crippen molar-refractivity contribution in [1.29, 1.82) is 10.5 Å². The first-order valence-corrected chi connectivity index (χ1v) is 6.28. The van der Waals surface area contributed by atoms with Crippen LogP contribution in [0, 0.1) is 22.7 Å². The normalized spacial score (nSPS) is 9.48. The van der Waals surface area contributed by atoms with E-state index in [0.29, 0.717) is 40.8 Å². The zero-order valence-corrected chi connectivity index (χ0v) is 11.4. The molecule has 0 saturated carbocycles. The fourth-order valence-electron chi connectivity index (χ4n) is 1.73. The highest BCUT2D eigenvalue weighted by atomic mass is 16.5. The molecule has 1 aromatic heterocycles. The van der Waals surface area contributed by atoms with Gasteiger partial charge >= 0.3 is 0 Å². The van der Waals surface area contributed by atoms with Crippen molar-refractivity contribution in [2.45, 2.75) is 6.92 Å². The molecule has 0 aliphatic heterocycles. The number of nitrogens with one attached hydrogen (secondary N) is 1. The van der Waals surface area contributed by atoms with Crippen LogP contribution in [0.2, 0.25) is 0 Å². The van der Waals surface area contributed by atoms with Gasteiger partial charge in [0.25, 0.3) is 0 Å². The molecule has 104 valence electrons. The molecule has 0 unspecified atom stereocenters. The van der Waals surface area contributed by atoms with Gasteiger partial charge in [0.1, 0.15) is 18.0 Å². The monoisotopic (exact) mass is 279 g/mol. The smallest absolute Gasteiger partial charge is 0.239 e. The van der Waals surface area contributed by atoms with E-state index in [1.807, 2.05) is 19.1 Å². The van der Waals surface area contributed by atoms with Crippen molar-refractivity contribution in [3.63, 3.8) is 0 Å². The van der Waals surface area contributed by atoms with Gasteiger partial charge in [-0.25, -0.2) is 0 Å². The van der Waals surface area contributed by atoms with E-state index >= 15 is 0 Å². The number of pyridine rings is 1. The highest BCUT2D eigenvalue weighted by molar-refractivity contribution is 5.64. The predicted molar refractivity (Wildman–Crippen MR) is 79.0 cm³/mol. The second kappa shape index (κ2) is 6.27. The standard InChI is InChI=1S/C15H13N5O/c1-2-21-15-13(18)5-6-14(20-15)19-12-4-3-10(8-16)11(7-12)9-17/h3-7H,2,18H2,1H3,(H,19,20). The number of ether oxygens (including phenoxy) is 1. The third-order valence-corrected chi connectivity index (χ3v) is 2.70. The lowest BCUT2D eigenvalue weighted by Crippen LogP contribution is -2.02. The second-order valence-electron chi connectivity index (χ2n) is 4.13. The summed E-state index contributed by atoms with van der Waals surface area (Å²) < 4.78 is 5.32. The van der Waals surface area contributed by atoms with E-state index in [0.717, 1.165) is 0 Å². The summed E-state index contributed by atoms with van der Waals surface area (Å²) in [7, 11) is 0. The molecule has 6 heteroatoms. The number of aromatic nitrogens is 1. The minimum Gasteiger partial charge on any atom is -0.476 e. The molecule has 0 atom stereocenters. The van der Waals surface area contributed by atoms with Gasteiger partial charge in [-0.15, -0.1) is 0 Å². The Bertz CT molecular complexity index is 743. The summed E-state index contributed by atoms with van der Waals surface area (Å²) in [6, 6.07) is 12.2. The highest BCUT2D eigenvalue weighted by Crippen LogP contribution is 2.24. The minimum atomic E-state index is 0.308. The van der Waals surface area contributed by atoms with Crippen LogP contribution in [-0.4, -0.2) is 11.6 Å². The third kappa shape index (κ3) is 3.20. The average Bonchev–Trinajstić information content (AvgIpc) is 2.50. The summed E-state index contributed by atoms with van der Waals surface area (Å²) >= 11 is 0. The fourth-order valence-corrected chi connectivity index (χ4v) is 1.73. The van der Waals surface area contributed by atoms with E-state index < -0.39 is 0 Å². The number of nitrogens with two attached hydrogens (primary N) is 1. The van der Waals surface area contributed by atoms with Crippen molar-refractivity contribution < 1.29 is 4.74 Å². The molecule has 1 aromatic carbocycles. The molecule has 0 aliphatic carbocycles. The molecule has 1 heterocycles. The maximum Gasteiger partial charge on any atom is 0.239 e. The Labute approximate surface area is 122 Å². The maximum atomic E-state index is 9.01. The van der Waals surface area contributed by atoms with Crippen LogP contribution in [-0.2, 0) is 0 Å². The minimum absolute atomic E-state index is 0.308. The molecule has 0 spiro atoms. The molecule has 2 aromatic rings. The summed E-state index contributed by atoms with van der Waals surface area (Å²) in [4.78, 5) is 4.25. The summed E-state index contributed by atoms with van der Waals surface area (Å²) in [5.74, 6) is 0.901. The predicted octanol–water partition coefficient (Wildman–Crippen LogP) is 2.55. The molecule has 6 nitrogen and oxygen atoms in total. The summed E-state index contributed by atoms with van der Waals surface area (Å²) in [6.45, 7) is 2.32. The van der Waals surface area contributed by atoms with Gasteiger partial charge in [-0.1, -0.05) is 0 Å².